The molecule has 6 rings (SSSR count). The summed E-state index contributed by atoms with van der Waals surface area (Å²) in [6.45, 7) is 9.07. The summed E-state index contributed by atoms with van der Waals surface area (Å²) in [6.07, 6.45) is 8.98. The number of ether oxygens (including phenoxy) is 3. The van der Waals surface area contributed by atoms with Crippen LogP contribution in [0.1, 0.15) is 124 Å². The minimum absolute atomic E-state index is 0.00104. The number of hydrogen-bond donors (Lipinski definition) is 8. The van der Waals surface area contributed by atoms with Crippen LogP contribution in [0.25, 0.3) is 0 Å². The fraction of sp³-hybridized carbons (Fsp3) is 0.911. The maximum absolute atomic E-state index is 14.2. The molecule has 4 aliphatic heterocycles. The van der Waals surface area contributed by atoms with Crippen LogP contribution in [0, 0.1) is 53.3 Å². The standard InChI is InChI=1S/C45H78N4O9/c1-5-7-8-10-28(29-13-14-36(46)49-22-29)21-45(4)35(57-44(55)25(3)6-2)20-32-41(54)39-34(53)19-31(23-50)56-43(39)40(42(32)58-45)38(27-15-16-48-37(47)18-27)33(24-51)26-11-9-12-30(52)17-26/h6,26-33,35-43,48-52,54H,5,7-24,46-47H2,1-4H3/p+1. The van der Waals surface area contributed by atoms with Crippen molar-refractivity contribution in [2.75, 3.05) is 26.3 Å². The number of fused-ring (bicyclic) bond motifs is 2. The molecule has 0 amide bonds. The van der Waals surface area contributed by atoms with Crippen molar-refractivity contribution in [3.8, 4) is 0 Å². The molecular weight excluding hydrogens is 741 g/mol. The molecule has 332 valence electrons. The molecule has 0 aromatic carbocycles. The first-order valence-electron chi connectivity index (χ1n) is 23.2. The minimum atomic E-state index is -1.12. The van der Waals surface area contributed by atoms with Crippen LogP contribution >= 0.6 is 0 Å². The van der Waals surface area contributed by atoms with Gasteiger partial charge in [0.25, 0.3) is 0 Å². The van der Waals surface area contributed by atoms with E-state index in [9.17, 15) is 30.0 Å². The molecule has 0 aromatic rings. The first-order chi connectivity index (χ1) is 27.8. The molecule has 0 bridgehead atoms. The first kappa shape index (κ1) is 46.0. The van der Waals surface area contributed by atoms with E-state index in [1.807, 2.05) is 6.92 Å². The second kappa shape index (κ2) is 20.6. The Morgan fingerprint density at radius 2 is 1.84 bits per heavy atom. The largest absolute Gasteiger partial charge is 0.456 e. The molecule has 4 heterocycles. The lowest BCUT2D eigenvalue weighted by atomic mass is 9.53. The topological polar surface area (TPSA) is 223 Å². The highest BCUT2D eigenvalue weighted by Gasteiger charge is 2.64. The van der Waals surface area contributed by atoms with Crippen molar-refractivity contribution in [3.63, 3.8) is 0 Å². The number of allylic oxidation sites excluding steroid dienone is 1. The van der Waals surface area contributed by atoms with Gasteiger partial charge in [0, 0.05) is 42.8 Å². The third-order valence-electron chi connectivity index (χ3n) is 15.9. The van der Waals surface area contributed by atoms with Gasteiger partial charge in [0.15, 0.2) is 0 Å². The fourth-order valence-corrected chi connectivity index (χ4v) is 12.7. The Kier molecular flexibility index (Phi) is 16.3. The summed E-state index contributed by atoms with van der Waals surface area (Å²) >= 11 is 0. The van der Waals surface area contributed by atoms with Gasteiger partial charge >= 0.3 is 5.97 Å². The molecule has 11 N–H and O–H groups in total. The lowest BCUT2D eigenvalue weighted by Crippen LogP contribution is -2.95. The minimum Gasteiger partial charge on any atom is -0.456 e. The van der Waals surface area contributed by atoms with Gasteiger partial charge in [0.1, 0.15) is 23.7 Å². The molecule has 13 nitrogen and oxygen atoms in total. The van der Waals surface area contributed by atoms with Crippen molar-refractivity contribution in [1.82, 2.24) is 5.32 Å². The number of nitrogens with one attached hydrogen (secondary N) is 1. The SMILES string of the molecule is CC=C(C)C(=O)OC1CC2C(O)C3C(=O)CC(CO)OC3C(C(C3CCNC(N)C3)C(CO)C3CCCC(O)C3)C2OC1(C)CC(CCCCC)C1CCC(N)[NH2+]C1. The highest BCUT2D eigenvalue weighted by atomic mass is 16.6. The number of unbranched alkanes of at least 4 members (excludes halogenated alkanes) is 2. The third kappa shape index (κ3) is 10.2. The van der Waals surface area contributed by atoms with Gasteiger partial charge in [-0.3, -0.25) is 10.5 Å². The molecule has 2 aliphatic carbocycles. The number of aliphatic hydroxyl groups excluding tert-OH is 4. The fourth-order valence-electron chi connectivity index (χ4n) is 12.7. The second-order valence-corrected chi connectivity index (χ2v) is 19.6. The van der Waals surface area contributed by atoms with Gasteiger partial charge < -0.3 is 51.0 Å². The van der Waals surface area contributed by atoms with Crippen LogP contribution in [0.3, 0.4) is 0 Å². The van der Waals surface area contributed by atoms with Gasteiger partial charge in [-0.05, 0) is 115 Å². The van der Waals surface area contributed by atoms with E-state index in [0.717, 1.165) is 70.8 Å². The van der Waals surface area contributed by atoms with E-state index >= 15 is 0 Å². The van der Waals surface area contributed by atoms with Gasteiger partial charge in [-0.2, -0.15) is 0 Å². The van der Waals surface area contributed by atoms with Crippen LogP contribution in [-0.4, -0.2) is 113 Å². The van der Waals surface area contributed by atoms with E-state index in [4.69, 9.17) is 25.7 Å². The summed E-state index contributed by atoms with van der Waals surface area (Å²) < 4.78 is 20.9. The number of nitrogens with two attached hydrogens (primary N) is 3. The number of hydrogen-bond acceptors (Lipinski definition) is 12. The van der Waals surface area contributed by atoms with Gasteiger partial charge in [-0.1, -0.05) is 38.7 Å². The van der Waals surface area contributed by atoms with Crippen molar-refractivity contribution < 1.29 is 49.5 Å². The number of esters is 1. The van der Waals surface area contributed by atoms with E-state index in [2.05, 4.69) is 24.5 Å². The molecule has 0 aromatic heterocycles. The molecule has 13 heteroatoms. The highest BCUT2D eigenvalue weighted by molar-refractivity contribution is 5.87. The Bertz CT molecular complexity index is 1380. The number of carbonyl (C=O) groups excluding carboxylic acids is 2. The Morgan fingerprint density at radius 3 is 2.50 bits per heavy atom. The van der Waals surface area contributed by atoms with E-state index < -0.39 is 65.9 Å². The highest BCUT2D eigenvalue weighted by Crippen LogP contribution is 2.56. The molecule has 4 saturated heterocycles. The maximum Gasteiger partial charge on any atom is 0.333 e. The molecule has 0 radical (unpaired) electrons. The maximum atomic E-state index is 14.2. The summed E-state index contributed by atoms with van der Waals surface area (Å²) in [5.41, 5.74) is 12.6. The van der Waals surface area contributed by atoms with Crippen molar-refractivity contribution in [2.45, 2.75) is 179 Å². The molecule has 0 spiro atoms. The van der Waals surface area contributed by atoms with Gasteiger partial charge in [-0.25, -0.2) is 4.79 Å². The van der Waals surface area contributed by atoms with Crippen molar-refractivity contribution in [2.24, 2.45) is 64.7 Å². The van der Waals surface area contributed by atoms with Crippen LogP contribution in [-0.2, 0) is 23.8 Å². The molecule has 18 atom stereocenters. The summed E-state index contributed by atoms with van der Waals surface area (Å²) in [5.74, 6) is -2.15. The Balaban J connectivity index is 1.47. The number of piperidine rings is 2. The van der Waals surface area contributed by atoms with Gasteiger partial charge in [-0.15, -0.1) is 0 Å². The normalized spacial score (nSPS) is 42.8. The van der Waals surface area contributed by atoms with Crippen molar-refractivity contribution >= 4 is 11.8 Å². The van der Waals surface area contributed by atoms with Crippen LogP contribution in [0.15, 0.2) is 11.6 Å². The quantitative estimate of drug-likeness (QED) is 0.0678. The Labute approximate surface area is 347 Å². The third-order valence-corrected chi connectivity index (χ3v) is 15.9. The number of carbonyl (C=O) groups is 2. The smallest absolute Gasteiger partial charge is 0.333 e. The number of aliphatic hydroxyl groups is 4. The van der Waals surface area contributed by atoms with Crippen molar-refractivity contribution in [3.05, 3.63) is 11.6 Å². The lowest BCUT2D eigenvalue weighted by Gasteiger charge is -2.61. The summed E-state index contributed by atoms with van der Waals surface area (Å²) in [5, 5.41) is 51.1. The first-order valence-corrected chi connectivity index (χ1v) is 23.2. The molecular formula is C45H79N4O9+. The van der Waals surface area contributed by atoms with Crippen LogP contribution in [0.4, 0.5) is 0 Å². The van der Waals surface area contributed by atoms with E-state index in [1.54, 1.807) is 13.0 Å². The Hall–Kier alpha value is -1.52. The zero-order valence-corrected chi connectivity index (χ0v) is 35.9. The number of ketones is 1. The van der Waals surface area contributed by atoms with Crippen LogP contribution in [0.2, 0.25) is 0 Å². The van der Waals surface area contributed by atoms with Crippen molar-refractivity contribution in [1.29, 1.82) is 0 Å². The average Bonchev–Trinajstić information content (AvgIpc) is 3.20. The monoisotopic (exact) mass is 820 g/mol. The number of Topliss-reactive ketones (excluding diaryl/α,β-unsaturated/α-hetero) is 1. The van der Waals surface area contributed by atoms with Gasteiger partial charge in [0.05, 0.1) is 55.8 Å². The molecule has 6 fully saturated rings. The zero-order valence-electron chi connectivity index (χ0n) is 35.9. The summed E-state index contributed by atoms with van der Waals surface area (Å²) in [6, 6.07) is 0. The second-order valence-electron chi connectivity index (χ2n) is 19.6. The average molecular weight is 820 g/mol. The van der Waals surface area contributed by atoms with E-state index in [-0.39, 0.29) is 67.3 Å². The van der Waals surface area contributed by atoms with Gasteiger partial charge in [0.2, 0.25) is 0 Å². The molecule has 18 unspecified atom stereocenters. The summed E-state index contributed by atoms with van der Waals surface area (Å²) in [4.78, 5) is 27.9. The molecule has 6 aliphatic rings. The summed E-state index contributed by atoms with van der Waals surface area (Å²) in [7, 11) is 0. The lowest BCUT2D eigenvalue weighted by molar-refractivity contribution is -0.704. The number of rotatable bonds is 15. The Morgan fingerprint density at radius 1 is 1.05 bits per heavy atom. The van der Waals surface area contributed by atoms with Crippen LogP contribution in [0.5, 0.6) is 0 Å². The molecule has 2 saturated carbocycles. The molecule has 58 heavy (non-hydrogen) atoms. The zero-order chi connectivity index (χ0) is 41.7. The number of quaternary nitrogens is 1. The predicted octanol–water partition coefficient (Wildman–Crippen LogP) is 2.26. The van der Waals surface area contributed by atoms with E-state index in [0.29, 0.717) is 43.7 Å². The van der Waals surface area contributed by atoms with E-state index in [1.165, 1.54) is 0 Å². The van der Waals surface area contributed by atoms with Crippen LogP contribution < -0.4 is 22.1 Å². The predicted molar refractivity (Wildman–Crippen MR) is 220 cm³/mol.